The largest absolute Gasteiger partial charge is 0.347 e. The summed E-state index contributed by atoms with van der Waals surface area (Å²) >= 11 is 0. The summed E-state index contributed by atoms with van der Waals surface area (Å²) in [6.07, 6.45) is 0.370. The first-order valence-electron chi connectivity index (χ1n) is 4.02. The first-order chi connectivity index (χ1) is 5.04. The van der Waals surface area contributed by atoms with Crippen molar-refractivity contribution in [2.45, 2.75) is 44.2 Å². The van der Waals surface area contributed by atoms with Gasteiger partial charge in [0.2, 0.25) is 0 Å². The summed E-state index contributed by atoms with van der Waals surface area (Å²) in [4.78, 5) is 0. The quantitative estimate of drug-likeness (QED) is 0.536. The van der Waals surface area contributed by atoms with Crippen LogP contribution in [0.1, 0.15) is 26.7 Å². The van der Waals surface area contributed by atoms with Gasteiger partial charge in [-0.05, 0) is 20.3 Å². The van der Waals surface area contributed by atoms with Gasteiger partial charge in [-0.3, -0.25) is 0 Å². The van der Waals surface area contributed by atoms with Gasteiger partial charge in [-0.1, -0.05) is 0 Å². The molecule has 2 fully saturated rings. The van der Waals surface area contributed by atoms with Crippen molar-refractivity contribution in [3.63, 3.8) is 0 Å². The Kier molecular flexibility index (Phi) is 1.33. The third-order valence-electron chi connectivity index (χ3n) is 2.63. The van der Waals surface area contributed by atoms with Crippen LogP contribution in [0.3, 0.4) is 0 Å². The van der Waals surface area contributed by atoms with Gasteiger partial charge in [0.25, 0.3) is 0 Å². The topological polar surface area (TPSA) is 18.5 Å². The van der Waals surface area contributed by atoms with Crippen LogP contribution < -0.4 is 0 Å². The van der Waals surface area contributed by atoms with E-state index in [1.165, 1.54) is 0 Å². The Morgan fingerprint density at radius 2 is 2.18 bits per heavy atom. The number of ether oxygens (including phenoxy) is 2. The van der Waals surface area contributed by atoms with E-state index in [2.05, 4.69) is 0 Å². The summed E-state index contributed by atoms with van der Waals surface area (Å²) in [5.74, 6) is -0.503. The molecule has 11 heavy (non-hydrogen) atoms. The molecule has 0 N–H and O–H groups in total. The number of alkyl halides is 1. The molecule has 2 aliphatic rings. The van der Waals surface area contributed by atoms with E-state index in [4.69, 9.17) is 9.47 Å². The Bertz CT molecular complexity index is 181. The number of hydrogen-bond acceptors (Lipinski definition) is 2. The third-order valence-corrected chi connectivity index (χ3v) is 2.63. The molecule has 2 saturated heterocycles. The van der Waals surface area contributed by atoms with E-state index in [1.54, 1.807) is 6.92 Å². The molecule has 0 aromatic rings. The Morgan fingerprint density at radius 1 is 1.45 bits per heavy atom. The highest BCUT2D eigenvalue weighted by atomic mass is 19.1. The molecule has 0 aromatic carbocycles. The maximum Gasteiger partial charge on any atom is 0.166 e. The van der Waals surface area contributed by atoms with E-state index < -0.39 is 17.6 Å². The fraction of sp³-hybridized carbons (Fsp3) is 1.00. The van der Waals surface area contributed by atoms with Gasteiger partial charge in [0.15, 0.2) is 5.79 Å². The van der Waals surface area contributed by atoms with Crippen molar-refractivity contribution in [1.29, 1.82) is 0 Å². The summed E-state index contributed by atoms with van der Waals surface area (Å²) in [5, 5.41) is 0. The smallest absolute Gasteiger partial charge is 0.166 e. The van der Waals surface area contributed by atoms with Crippen molar-refractivity contribution in [2.24, 2.45) is 0 Å². The maximum absolute atomic E-state index is 13.2. The number of fused-ring (bicyclic) bond motifs is 2. The average molecular weight is 160 g/mol. The minimum atomic E-state index is -0.863. The average Bonchev–Trinajstić information content (AvgIpc) is 2.20. The van der Waals surface area contributed by atoms with Crippen LogP contribution >= 0.6 is 0 Å². The molecular weight excluding hydrogens is 147 g/mol. The van der Waals surface area contributed by atoms with Gasteiger partial charge in [0.1, 0.15) is 11.8 Å². The maximum atomic E-state index is 13.2. The van der Waals surface area contributed by atoms with Gasteiger partial charge in [0.05, 0.1) is 6.61 Å². The van der Waals surface area contributed by atoms with Crippen LogP contribution in [0, 0.1) is 0 Å². The molecule has 3 atom stereocenters. The van der Waals surface area contributed by atoms with Crippen LogP contribution in [0.2, 0.25) is 0 Å². The molecule has 0 unspecified atom stereocenters. The lowest BCUT2D eigenvalue weighted by Gasteiger charge is -2.35. The lowest BCUT2D eigenvalue weighted by molar-refractivity contribution is -0.213. The first kappa shape index (κ1) is 7.50. The Hall–Kier alpha value is -0.150. The molecule has 2 bridgehead atoms. The van der Waals surface area contributed by atoms with Crippen LogP contribution in [0.4, 0.5) is 4.39 Å². The predicted octanol–water partition coefficient (Wildman–Crippen LogP) is 1.64. The fourth-order valence-electron chi connectivity index (χ4n) is 1.82. The van der Waals surface area contributed by atoms with Crippen LogP contribution in [0.5, 0.6) is 0 Å². The molecular formula is C8H13FO2. The molecule has 0 amide bonds. The van der Waals surface area contributed by atoms with Crippen molar-refractivity contribution in [1.82, 2.24) is 0 Å². The van der Waals surface area contributed by atoms with Crippen molar-refractivity contribution in [3.05, 3.63) is 0 Å². The standard InChI is InChI=1S/C8H13FO2/c1-7-5-10-8(2,11-7)4-3-6(7)9/h6H,3-5H2,1-2H3/t6-,7-,8-/m0/s1. The van der Waals surface area contributed by atoms with E-state index in [-0.39, 0.29) is 0 Å². The van der Waals surface area contributed by atoms with Crippen molar-refractivity contribution in [3.8, 4) is 0 Å². The van der Waals surface area contributed by atoms with E-state index >= 15 is 0 Å². The Balaban J connectivity index is 2.23. The highest BCUT2D eigenvalue weighted by Crippen LogP contribution is 2.43. The SMILES string of the molecule is C[C@]12CC[C@H](F)[C@](C)(CO1)O2. The predicted molar refractivity (Wildman–Crippen MR) is 38.0 cm³/mol. The summed E-state index contributed by atoms with van der Waals surface area (Å²) in [5.41, 5.74) is -0.674. The minimum absolute atomic E-state index is 0.394. The molecule has 0 aromatic heterocycles. The number of hydrogen-bond donors (Lipinski definition) is 0. The molecule has 2 aliphatic heterocycles. The van der Waals surface area contributed by atoms with Gasteiger partial charge in [-0.2, -0.15) is 0 Å². The summed E-state index contributed by atoms with van der Waals surface area (Å²) < 4.78 is 24.1. The van der Waals surface area contributed by atoms with Gasteiger partial charge in [0, 0.05) is 6.42 Å². The van der Waals surface area contributed by atoms with Crippen LogP contribution in [0.15, 0.2) is 0 Å². The van der Waals surface area contributed by atoms with Crippen molar-refractivity contribution >= 4 is 0 Å². The van der Waals surface area contributed by atoms with Crippen LogP contribution in [0.25, 0.3) is 0 Å². The van der Waals surface area contributed by atoms with E-state index in [1.807, 2.05) is 6.92 Å². The second kappa shape index (κ2) is 1.96. The van der Waals surface area contributed by atoms with Crippen LogP contribution in [-0.2, 0) is 9.47 Å². The fourth-order valence-corrected chi connectivity index (χ4v) is 1.82. The van der Waals surface area contributed by atoms with Crippen molar-refractivity contribution < 1.29 is 13.9 Å². The molecule has 0 aliphatic carbocycles. The highest BCUT2D eigenvalue weighted by molar-refractivity contribution is 4.96. The summed E-state index contributed by atoms with van der Waals surface area (Å²) in [7, 11) is 0. The zero-order valence-corrected chi connectivity index (χ0v) is 6.89. The first-order valence-corrected chi connectivity index (χ1v) is 4.02. The molecule has 64 valence electrons. The molecule has 2 heterocycles. The molecule has 3 heteroatoms. The number of halogens is 1. The summed E-state index contributed by atoms with van der Waals surface area (Å²) in [6, 6.07) is 0. The van der Waals surface area contributed by atoms with E-state index in [0.717, 1.165) is 0 Å². The van der Waals surface area contributed by atoms with Crippen LogP contribution in [-0.4, -0.2) is 24.2 Å². The summed E-state index contributed by atoms with van der Waals surface area (Å²) in [6.45, 7) is 4.05. The Labute approximate surface area is 65.7 Å². The van der Waals surface area contributed by atoms with Gasteiger partial charge < -0.3 is 9.47 Å². The second-order valence-corrected chi connectivity index (χ2v) is 3.84. The van der Waals surface area contributed by atoms with E-state index in [9.17, 15) is 4.39 Å². The lowest BCUT2D eigenvalue weighted by atomic mass is 9.93. The number of rotatable bonds is 0. The molecule has 2 nitrogen and oxygen atoms in total. The molecule has 0 spiro atoms. The Morgan fingerprint density at radius 3 is 2.82 bits per heavy atom. The lowest BCUT2D eigenvalue weighted by Crippen LogP contribution is -2.45. The van der Waals surface area contributed by atoms with Gasteiger partial charge in [-0.15, -0.1) is 0 Å². The third kappa shape index (κ3) is 0.983. The minimum Gasteiger partial charge on any atom is -0.347 e. The zero-order valence-electron chi connectivity index (χ0n) is 6.89. The van der Waals surface area contributed by atoms with Gasteiger partial charge >= 0.3 is 0 Å². The van der Waals surface area contributed by atoms with E-state index in [0.29, 0.717) is 19.4 Å². The van der Waals surface area contributed by atoms with Gasteiger partial charge in [-0.25, -0.2) is 4.39 Å². The molecule has 0 radical (unpaired) electrons. The molecule has 0 saturated carbocycles. The second-order valence-electron chi connectivity index (χ2n) is 3.84. The monoisotopic (exact) mass is 160 g/mol. The normalized spacial score (nSPS) is 56.5. The highest BCUT2D eigenvalue weighted by Gasteiger charge is 2.53. The zero-order chi connectivity index (χ0) is 8.11. The molecule has 2 rings (SSSR count). The van der Waals surface area contributed by atoms with Crippen molar-refractivity contribution in [2.75, 3.05) is 6.61 Å².